The summed E-state index contributed by atoms with van der Waals surface area (Å²) < 4.78 is 0. The summed E-state index contributed by atoms with van der Waals surface area (Å²) in [6.45, 7) is 11.1. The van der Waals surface area contributed by atoms with Crippen molar-refractivity contribution in [3.8, 4) is 0 Å². The molecule has 0 radical (unpaired) electrons. The molecule has 1 atom stereocenters. The van der Waals surface area contributed by atoms with Crippen LogP contribution in [0.15, 0.2) is 0 Å². The molecule has 2 N–H and O–H groups in total. The third kappa shape index (κ3) is 1.67. The Bertz CT molecular complexity index is 399. The van der Waals surface area contributed by atoms with Gasteiger partial charge in [-0.3, -0.25) is 0 Å². The first-order valence-electron chi connectivity index (χ1n) is 6.27. The third-order valence-electron chi connectivity index (χ3n) is 4.52. The summed E-state index contributed by atoms with van der Waals surface area (Å²) in [6, 6.07) is 0.262. The van der Waals surface area contributed by atoms with E-state index in [1.807, 2.05) is 0 Å². The first-order chi connectivity index (χ1) is 7.45. The molecule has 0 unspecified atom stereocenters. The molecule has 1 saturated carbocycles. The molecule has 1 fully saturated rings. The Balaban J connectivity index is 2.59. The molecule has 1 aliphatic rings. The molecule has 0 aliphatic heterocycles. The molecule has 0 aromatic heterocycles. The lowest BCUT2D eigenvalue weighted by Crippen LogP contribution is -2.17. The van der Waals surface area contributed by atoms with E-state index in [1.165, 1.54) is 46.2 Å². The molecular formula is C15H23N. The zero-order valence-corrected chi connectivity index (χ0v) is 11.1. The zero-order valence-electron chi connectivity index (χ0n) is 11.1. The van der Waals surface area contributed by atoms with Crippen molar-refractivity contribution >= 4 is 0 Å². The monoisotopic (exact) mass is 217 g/mol. The van der Waals surface area contributed by atoms with Crippen LogP contribution in [0.4, 0.5) is 0 Å². The smallest absolute Gasteiger partial charge is 0.0328 e. The lowest BCUT2D eigenvalue weighted by atomic mass is 9.85. The second kappa shape index (κ2) is 3.89. The van der Waals surface area contributed by atoms with Crippen LogP contribution in [-0.2, 0) is 0 Å². The van der Waals surface area contributed by atoms with Crippen molar-refractivity contribution in [1.82, 2.24) is 0 Å². The van der Waals surface area contributed by atoms with Crippen LogP contribution in [0.5, 0.6) is 0 Å². The van der Waals surface area contributed by atoms with Gasteiger partial charge in [-0.25, -0.2) is 0 Å². The zero-order chi connectivity index (χ0) is 12.0. The summed E-state index contributed by atoms with van der Waals surface area (Å²) in [5.74, 6) is 0.735. The van der Waals surface area contributed by atoms with Gasteiger partial charge in [-0.1, -0.05) is 0 Å². The third-order valence-corrected chi connectivity index (χ3v) is 4.52. The number of nitrogens with two attached hydrogens (primary N) is 1. The van der Waals surface area contributed by atoms with Gasteiger partial charge in [0.25, 0.3) is 0 Å². The minimum atomic E-state index is 0.262. The Labute approximate surface area is 99.0 Å². The minimum absolute atomic E-state index is 0.262. The van der Waals surface area contributed by atoms with Gasteiger partial charge in [0.15, 0.2) is 0 Å². The maximum Gasteiger partial charge on any atom is 0.0328 e. The summed E-state index contributed by atoms with van der Waals surface area (Å²) in [5.41, 5.74) is 14.9. The lowest BCUT2D eigenvalue weighted by molar-refractivity contribution is 0.624. The average Bonchev–Trinajstić information content (AvgIpc) is 3.07. The highest BCUT2D eigenvalue weighted by molar-refractivity contribution is 5.51. The molecule has 88 valence electrons. The summed E-state index contributed by atoms with van der Waals surface area (Å²) >= 11 is 0. The number of hydrogen-bond donors (Lipinski definition) is 1. The second-order valence-corrected chi connectivity index (χ2v) is 5.40. The normalized spacial score (nSPS) is 17.6. The maximum atomic E-state index is 6.39. The highest BCUT2D eigenvalue weighted by Crippen LogP contribution is 2.42. The van der Waals surface area contributed by atoms with Crippen LogP contribution in [-0.4, -0.2) is 0 Å². The standard InChI is InChI=1S/C15H23N/c1-8-9(2)11(4)14(12(5)10(8)3)15(16)13-6-7-13/h13,15H,6-7,16H2,1-5H3/t15-/m0/s1. The summed E-state index contributed by atoms with van der Waals surface area (Å²) in [4.78, 5) is 0. The van der Waals surface area contributed by atoms with E-state index < -0.39 is 0 Å². The summed E-state index contributed by atoms with van der Waals surface area (Å²) in [7, 11) is 0. The van der Waals surface area contributed by atoms with Gasteiger partial charge in [-0.15, -0.1) is 0 Å². The summed E-state index contributed by atoms with van der Waals surface area (Å²) in [5, 5.41) is 0. The van der Waals surface area contributed by atoms with Gasteiger partial charge >= 0.3 is 0 Å². The fraction of sp³-hybridized carbons (Fsp3) is 0.600. The van der Waals surface area contributed by atoms with E-state index in [0.717, 1.165) is 5.92 Å². The van der Waals surface area contributed by atoms with Crippen molar-refractivity contribution in [1.29, 1.82) is 0 Å². The van der Waals surface area contributed by atoms with E-state index >= 15 is 0 Å². The SMILES string of the molecule is Cc1c(C)c(C)c([C@@H](N)C2CC2)c(C)c1C. The molecule has 1 aromatic carbocycles. The Hall–Kier alpha value is -0.820. The molecule has 0 heterocycles. The van der Waals surface area contributed by atoms with Gasteiger partial charge in [-0.05, 0) is 86.8 Å². The molecule has 1 aromatic rings. The van der Waals surface area contributed by atoms with Crippen molar-refractivity contribution < 1.29 is 0 Å². The Morgan fingerprint density at radius 1 is 0.812 bits per heavy atom. The fourth-order valence-electron chi connectivity index (χ4n) is 2.72. The minimum Gasteiger partial charge on any atom is -0.324 e. The predicted octanol–water partition coefficient (Wildman–Crippen LogP) is 3.64. The second-order valence-electron chi connectivity index (χ2n) is 5.40. The summed E-state index contributed by atoms with van der Waals surface area (Å²) in [6.07, 6.45) is 2.62. The predicted molar refractivity (Wildman–Crippen MR) is 69.8 cm³/mol. The first-order valence-corrected chi connectivity index (χ1v) is 6.27. The first kappa shape index (κ1) is 11.7. The van der Waals surface area contributed by atoms with E-state index in [4.69, 9.17) is 5.73 Å². The van der Waals surface area contributed by atoms with Crippen LogP contribution >= 0.6 is 0 Å². The highest BCUT2D eigenvalue weighted by atomic mass is 14.7. The molecule has 1 aliphatic carbocycles. The molecular weight excluding hydrogens is 194 g/mol. The number of rotatable bonds is 2. The van der Waals surface area contributed by atoms with Crippen molar-refractivity contribution in [2.75, 3.05) is 0 Å². The Kier molecular flexibility index (Phi) is 2.83. The highest BCUT2D eigenvalue weighted by Gasteiger charge is 2.32. The van der Waals surface area contributed by atoms with Crippen LogP contribution in [0.25, 0.3) is 0 Å². The molecule has 1 heteroatoms. The molecule has 16 heavy (non-hydrogen) atoms. The van der Waals surface area contributed by atoms with Gasteiger partial charge in [0.05, 0.1) is 0 Å². The molecule has 0 spiro atoms. The maximum absolute atomic E-state index is 6.39. The number of hydrogen-bond acceptors (Lipinski definition) is 1. The largest absolute Gasteiger partial charge is 0.324 e. The molecule has 0 bridgehead atoms. The van der Waals surface area contributed by atoms with E-state index in [0.29, 0.717) is 0 Å². The van der Waals surface area contributed by atoms with Crippen molar-refractivity contribution in [3.05, 3.63) is 33.4 Å². The quantitative estimate of drug-likeness (QED) is 0.804. The van der Waals surface area contributed by atoms with E-state index in [-0.39, 0.29) is 6.04 Å². The molecule has 0 amide bonds. The van der Waals surface area contributed by atoms with Crippen LogP contribution in [0.3, 0.4) is 0 Å². The van der Waals surface area contributed by atoms with Gasteiger partial charge in [0.2, 0.25) is 0 Å². The lowest BCUT2D eigenvalue weighted by Gasteiger charge is -2.23. The number of benzene rings is 1. The van der Waals surface area contributed by atoms with Crippen molar-refractivity contribution in [3.63, 3.8) is 0 Å². The van der Waals surface area contributed by atoms with Crippen molar-refractivity contribution in [2.24, 2.45) is 11.7 Å². The van der Waals surface area contributed by atoms with Gasteiger partial charge in [-0.2, -0.15) is 0 Å². The van der Waals surface area contributed by atoms with Crippen molar-refractivity contribution in [2.45, 2.75) is 53.5 Å². The molecule has 0 saturated heterocycles. The molecule has 1 nitrogen and oxygen atoms in total. The van der Waals surface area contributed by atoms with Gasteiger partial charge in [0, 0.05) is 6.04 Å². The van der Waals surface area contributed by atoms with E-state index in [1.54, 1.807) is 0 Å². The van der Waals surface area contributed by atoms with Gasteiger partial charge in [0.1, 0.15) is 0 Å². The van der Waals surface area contributed by atoms with Crippen LogP contribution in [0.1, 0.15) is 52.3 Å². The van der Waals surface area contributed by atoms with Gasteiger partial charge < -0.3 is 5.73 Å². The average molecular weight is 217 g/mol. The fourth-order valence-corrected chi connectivity index (χ4v) is 2.72. The Morgan fingerprint density at radius 3 is 1.56 bits per heavy atom. The topological polar surface area (TPSA) is 26.0 Å². The van der Waals surface area contributed by atoms with Crippen LogP contribution < -0.4 is 5.73 Å². The molecule has 2 rings (SSSR count). The van der Waals surface area contributed by atoms with E-state index in [2.05, 4.69) is 34.6 Å². The Morgan fingerprint density at radius 2 is 1.19 bits per heavy atom. The van der Waals surface area contributed by atoms with Crippen LogP contribution in [0.2, 0.25) is 0 Å². The van der Waals surface area contributed by atoms with E-state index in [9.17, 15) is 0 Å². The van der Waals surface area contributed by atoms with Crippen LogP contribution in [0, 0.1) is 40.5 Å².